The summed E-state index contributed by atoms with van der Waals surface area (Å²) >= 11 is 0. The van der Waals surface area contributed by atoms with Crippen molar-refractivity contribution in [2.45, 2.75) is 169 Å². The van der Waals surface area contributed by atoms with Crippen LogP contribution in [0, 0.1) is 16.2 Å². The highest BCUT2D eigenvalue weighted by Crippen LogP contribution is 2.58. The van der Waals surface area contributed by atoms with Gasteiger partial charge in [0.05, 0.1) is 24.7 Å². The van der Waals surface area contributed by atoms with Crippen LogP contribution in [0.3, 0.4) is 0 Å². The molecule has 0 spiro atoms. The largest absolute Gasteiger partial charge is 0.395 e. The number of hydrogen-bond acceptors (Lipinski definition) is 5. The van der Waals surface area contributed by atoms with Crippen LogP contribution in [0.25, 0.3) is 0 Å². The molecule has 0 radical (unpaired) electrons. The lowest BCUT2D eigenvalue weighted by Crippen LogP contribution is -2.66. The summed E-state index contributed by atoms with van der Waals surface area (Å²) in [4.78, 5) is 0. The zero-order chi connectivity index (χ0) is 32.4. The number of aliphatic hydroxyl groups is 3. The summed E-state index contributed by atoms with van der Waals surface area (Å²) in [6, 6.07) is 7.96. The van der Waals surface area contributed by atoms with E-state index in [9.17, 15) is 15.3 Å². The number of benzene rings is 1. The molecule has 2 unspecified atom stereocenters. The van der Waals surface area contributed by atoms with Crippen LogP contribution < -0.4 is 5.73 Å². The second-order valence-electron chi connectivity index (χ2n) is 15.2. The van der Waals surface area contributed by atoms with Gasteiger partial charge in [-0.2, -0.15) is 0 Å². The van der Waals surface area contributed by atoms with Crippen molar-refractivity contribution >= 4 is 0 Å². The van der Waals surface area contributed by atoms with E-state index in [0.29, 0.717) is 13.2 Å². The summed E-state index contributed by atoms with van der Waals surface area (Å²) in [6.07, 6.45) is 19.9. The van der Waals surface area contributed by atoms with Crippen molar-refractivity contribution in [2.24, 2.45) is 22.0 Å². The van der Waals surface area contributed by atoms with Crippen molar-refractivity contribution in [3.8, 4) is 0 Å². The lowest BCUT2D eigenvalue weighted by molar-refractivity contribution is -0.274. The van der Waals surface area contributed by atoms with Gasteiger partial charge in [0, 0.05) is 13.2 Å². The summed E-state index contributed by atoms with van der Waals surface area (Å²) in [6.45, 7) is 14.4. The van der Waals surface area contributed by atoms with Gasteiger partial charge >= 0.3 is 0 Å². The Morgan fingerprint density at radius 1 is 0.651 bits per heavy atom. The number of nitrogens with two attached hydrogens (primary N) is 1. The summed E-state index contributed by atoms with van der Waals surface area (Å²) < 4.78 is 6.93. The summed E-state index contributed by atoms with van der Waals surface area (Å²) in [7, 11) is 0. The van der Waals surface area contributed by atoms with Crippen LogP contribution in [0.2, 0.25) is 0 Å². The Morgan fingerprint density at radius 3 is 1.37 bits per heavy atom. The molecule has 0 bridgehead atoms. The van der Waals surface area contributed by atoms with E-state index in [2.05, 4.69) is 27.7 Å². The van der Waals surface area contributed by atoms with Gasteiger partial charge in [-0.1, -0.05) is 169 Å². The lowest BCUT2D eigenvalue weighted by atomic mass is 9.52. The molecule has 0 heterocycles. The molecule has 2 atom stereocenters. The fourth-order valence-corrected chi connectivity index (χ4v) is 7.13. The van der Waals surface area contributed by atoms with Crippen molar-refractivity contribution in [3.05, 3.63) is 35.4 Å². The van der Waals surface area contributed by atoms with E-state index in [0.717, 1.165) is 24.0 Å². The van der Waals surface area contributed by atoms with Crippen molar-refractivity contribution in [1.82, 2.24) is 0 Å². The fourth-order valence-electron chi connectivity index (χ4n) is 7.13. The zero-order valence-electron chi connectivity index (χ0n) is 29.4. The number of ether oxygens (including phenoxy) is 1. The molecule has 0 fully saturated rings. The van der Waals surface area contributed by atoms with Gasteiger partial charge in [-0.25, -0.2) is 0 Å². The Morgan fingerprint density at radius 2 is 1.05 bits per heavy atom. The van der Waals surface area contributed by atoms with Gasteiger partial charge in [0.15, 0.2) is 0 Å². The molecule has 1 aromatic rings. The Bertz CT molecular complexity index is 822. The second kappa shape index (κ2) is 20.2. The Labute approximate surface area is 266 Å². The van der Waals surface area contributed by atoms with Gasteiger partial charge in [0.1, 0.15) is 5.60 Å². The number of unbranched alkanes of at least 4 members (excludes halogenated alkanes) is 15. The normalized spacial score (nSPS) is 15.0. The maximum atomic E-state index is 11.8. The molecule has 0 amide bonds. The third-order valence-electron chi connectivity index (χ3n) is 9.58. The first kappa shape index (κ1) is 40.0. The molecule has 5 heteroatoms. The highest BCUT2D eigenvalue weighted by molar-refractivity contribution is 5.33. The third-order valence-corrected chi connectivity index (χ3v) is 9.58. The Balaban J connectivity index is 2.76. The van der Waals surface area contributed by atoms with Crippen LogP contribution in [-0.2, 0) is 16.9 Å². The molecule has 0 saturated carbocycles. The van der Waals surface area contributed by atoms with Crippen molar-refractivity contribution < 1.29 is 20.1 Å². The van der Waals surface area contributed by atoms with E-state index >= 15 is 0 Å². The maximum Gasteiger partial charge on any atom is 0.110 e. The minimum absolute atomic E-state index is 0.406. The van der Waals surface area contributed by atoms with Crippen LogP contribution in [0.1, 0.15) is 162 Å². The van der Waals surface area contributed by atoms with Gasteiger partial charge < -0.3 is 25.8 Å². The Hall–Kier alpha value is -0.980. The molecule has 0 aliphatic heterocycles. The summed E-state index contributed by atoms with van der Waals surface area (Å²) in [5, 5.41) is 33.8. The molecular formula is C38H71NO4. The molecule has 0 aliphatic carbocycles. The third kappa shape index (κ3) is 11.7. The highest BCUT2D eigenvalue weighted by Gasteiger charge is 2.64. The molecule has 5 nitrogen and oxygen atoms in total. The zero-order valence-corrected chi connectivity index (χ0v) is 29.4. The van der Waals surface area contributed by atoms with E-state index in [1.807, 2.05) is 45.0 Å². The highest BCUT2D eigenvalue weighted by atomic mass is 16.5. The molecule has 43 heavy (non-hydrogen) atoms. The lowest BCUT2D eigenvalue weighted by Gasteiger charge is -2.59. The van der Waals surface area contributed by atoms with E-state index in [1.54, 1.807) is 0 Å². The Kier molecular flexibility index (Phi) is 18.8. The van der Waals surface area contributed by atoms with Crippen LogP contribution in [0.5, 0.6) is 0 Å². The van der Waals surface area contributed by atoms with Crippen molar-refractivity contribution in [1.29, 1.82) is 0 Å². The standard InChI is InChI=1S/C38H71NO4/c1-8-9-10-11-12-13-14-15-16-17-18-19-20-21-22-23-28-43-38(36(5,6)7,33-26-24-32(29-39)25-27-33)37(30-40,31-41)34(42)35(2,3)4/h24-27,34,40-42H,8-23,28-31,39H2,1-7H3. The van der Waals surface area contributed by atoms with Crippen LogP contribution in [-0.4, -0.2) is 41.2 Å². The monoisotopic (exact) mass is 606 g/mol. The first-order valence-corrected chi connectivity index (χ1v) is 17.7. The van der Waals surface area contributed by atoms with Crippen molar-refractivity contribution in [2.75, 3.05) is 19.8 Å². The van der Waals surface area contributed by atoms with E-state index < -0.39 is 41.2 Å². The van der Waals surface area contributed by atoms with Crippen LogP contribution in [0.15, 0.2) is 24.3 Å². The number of hydrogen-bond donors (Lipinski definition) is 4. The van der Waals surface area contributed by atoms with Crippen LogP contribution in [0.4, 0.5) is 0 Å². The van der Waals surface area contributed by atoms with E-state index in [1.165, 1.54) is 89.9 Å². The fraction of sp³-hybridized carbons (Fsp3) is 0.842. The predicted octanol–water partition coefficient (Wildman–Crippen LogP) is 9.04. The van der Waals surface area contributed by atoms with Gasteiger partial charge in [-0.3, -0.25) is 0 Å². The molecule has 5 N–H and O–H groups in total. The molecular weight excluding hydrogens is 534 g/mol. The van der Waals surface area contributed by atoms with E-state index in [-0.39, 0.29) is 0 Å². The topological polar surface area (TPSA) is 95.9 Å². The quantitative estimate of drug-likeness (QED) is 0.0882. The van der Waals surface area contributed by atoms with Crippen LogP contribution >= 0.6 is 0 Å². The first-order valence-electron chi connectivity index (χ1n) is 17.7. The van der Waals surface area contributed by atoms with E-state index in [4.69, 9.17) is 10.5 Å². The average molecular weight is 606 g/mol. The average Bonchev–Trinajstić information content (AvgIpc) is 2.97. The molecule has 1 aromatic carbocycles. The number of aliphatic hydroxyl groups excluding tert-OH is 3. The SMILES string of the molecule is CCCCCCCCCCCCCCCCCCOC(c1ccc(CN)cc1)(C(C)(C)C)C(CO)(CO)C(O)C(C)(C)C. The second-order valence-corrected chi connectivity index (χ2v) is 15.2. The summed E-state index contributed by atoms with van der Waals surface area (Å²) in [5.74, 6) is 0. The molecule has 1 rings (SSSR count). The molecule has 252 valence electrons. The summed E-state index contributed by atoms with van der Waals surface area (Å²) in [5.41, 5.74) is 4.13. The van der Waals surface area contributed by atoms with Gasteiger partial charge in [0.25, 0.3) is 0 Å². The smallest absolute Gasteiger partial charge is 0.110 e. The number of rotatable bonds is 24. The molecule has 0 aliphatic rings. The maximum absolute atomic E-state index is 11.8. The van der Waals surface area contributed by atoms with Gasteiger partial charge in [0.2, 0.25) is 0 Å². The van der Waals surface area contributed by atoms with Gasteiger partial charge in [-0.05, 0) is 28.4 Å². The predicted molar refractivity (Wildman–Crippen MR) is 183 cm³/mol. The minimum Gasteiger partial charge on any atom is -0.395 e. The van der Waals surface area contributed by atoms with Crippen molar-refractivity contribution in [3.63, 3.8) is 0 Å². The molecule has 0 saturated heterocycles. The first-order chi connectivity index (χ1) is 20.4. The minimum atomic E-state index is -1.33. The van der Waals surface area contributed by atoms with Gasteiger partial charge in [-0.15, -0.1) is 0 Å². The molecule has 0 aromatic heterocycles.